The zero-order valence-corrected chi connectivity index (χ0v) is 8.21. The second-order valence-corrected chi connectivity index (χ2v) is 3.31. The summed E-state index contributed by atoms with van der Waals surface area (Å²) in [6.07, 6.45) is -0.123. The summed E-state index contributed by atoms with van der Waals surface area (Å²) in [5, 5.41) is 17.3. The monoisotopic (exact) mass is 239 g/mol. The number of carbonyl (C=O) groups is 1. The Balaban J connectivity index is 3.14. The number of hydrogen-bond acceptors (Lipinski definition) is 2. The van der Waals surface area contributed by atoms with Gasteiger partial charge in [-0.3, -0.25) is 4.79 Å². The maximum Gasteiger partial charge on any atom is 0.307 e. The molecule has 0 aliphatic rings. The summed E-state index contributed by atoms with van der Waals surface area (Å²) in [4.78, 5) is 10.4. The van der Waals surface area contributed by atoms with Gasteiger partial charge in [0.15, 0.2) is 0 Å². The molecule has 13 heavy (non-hydrogen) atoms. The predicted molar refractivity (Wildman–Crippen MR) is 50.2 cm³/mol. The fourth-order valence-corrected chi connectivity index (χ4v) is 1.50. The van der Waals surface area contributed by atoms with Crippen LogP contribution in [0.3, 0.4) is 0 Å². The van der Waals surface area contributed by atoms with Gasteiger partial charge in [0.05, 0.1) is 12.0 Å². The van der Waals surface area contributed by atoms with Gasteiger partial charge < -0.3 is 5.11 Å². The standard InChI is InChI=1S/C9H6BrNO2/c10-8-3-1-2-6(4-9(12)13)7(8)5-11/h1-3H,4H2,(H,12,13). The van der Waals surface area contributed by atoms with E-state index in [1.807, 2.05) is 6.07 Å². The fraction of sp³-hybridized carbons (Fsp3) is 0.111. The summed E-state index contributed by atoms with van der Waals surface area (Å²) in [5.74, 6) is -0.936. The Morgan fingerprint density at radius 1 is 1.62 bits per heavy atom. The van der Waals surface area contributed by atoms with E-state index >= 15 is 0 Å². The number of benzene rings is 1. The number of rotatable bonds is 2. The molecule has 0 atom stereocenters. The molecule has 0 bridgehead atoms. The van der Waals surface area contributed by atoms with Crippen LogP contribution in [0, 0.1) is 11.3 Å². The molecule has 1 rings (SSSR count). The molecule has 1 aromatic rings. The predicted octanol–water partition coefficient (Wildman–Crippen LogP) is 1.95. The molecule has 0 radical (unpaired) electrons. The molecule has 3 nitrogen and oxygen atoms in total. The van der Waals surface area contributed by atoms with Gasteiger partial charge in [0.2, 0.25) is 0 Å². The van der Waals surface area contributed by atoms with E-state index in [2.05, 4.69) is 15.9 Å². The van der Waals surface area contributed by atoms with Gasteiger partial charge >= 0.3 is 5.97 Å². The molecule has 0 amide bonds. The first-order chi connectivity index (χ1) is 6.15. The molecular weight excluding hydrogens is 234 g/mol. The van der Waals surface area contributed by atoms with Gasteiger partial charge in [-0.2, -0.15) is 5.26 Å². The van der Waals surface area contributed by atoms with E-state index in [1.54, 1.807) is 18.2 Å². The maximum absolute atomic E-state index is 10.4. The van der Waals surface area contributed by atoms with Crippen LogP contribution in [0.2, 0.25) is 0 Å². The number of nitriles is 1. The third-order valence-electron chi connectivity index (χ3n) is 1.55. The van der Waals surface area contributed by atoms with Crippen molar-refractivity contribution in [2.24, 2.45) is 0 Å². The molecule has 1 aromatic carbocycles. The zero-order valence-electron chi connectivity index (χ0n) is 6.62. The maximum atomic E-state index is 10.4. The van der Waals surface area contributed by atoms with E-state index in [9.17, 15) is 4.79 Å². The summed E-state index contributed by atoms with van der Waals surface area (Å²) < 4.78 is 0.633. The minimum absolute atomic E-state index is 0.123. The molecule has 0 fully saturated rings. The largest absolute Gasteiger partial charge is 0.481 e. The number of nitrogens with zero attached hydrogens (tertiary/aromatic N) is 1. The van der Waals surface area contributed by atoms with Crippen LogP contribution in [-0.2, 0) is 11.2 Å². The second-order valence-electron chi connectivity index (χ2n) is 2.46. The Labute approximate surface area is 83.7 Å². The first-order valence-corrected chi connectivity index (χ1v) is 4.33. The number of carboxylic acids is 1. The average Bonchev–Trinajstić information content (AvgIpc) is 2.03. The van der Waals surface area contributed by atoms with Crippen LogP contribution in [0.15, 0.2) is 22.7 Å². The molecule has 0 spiro atoms. The average molecular weight is 240 g/mol. The van der Waals surface area contributed by atoms with Gasteiger partial charge in [0.1, 0.15) is 6.07 Å². The van der Waals surface area contributed by atoms with Gasteiger partial charge in [-0.1, -0.05) is 12.1 Å². The molecule has 0 saturated heterocycles. The summed E-state index contributed by atoms with van der Waals surface area (Å²) in [5.41, 5.74) is 0.925. The van der Waals surface area contributed by atoms with Crippen molar-refractivity contribution in [3.63, 3.8) is 0 Å². The van der Waals surface area contributed by atoms with Crippen molar-refractivity contribution in [2.75, 3.05) is 0 Å². The number of halogens is 1. The summed E-state index contributed by atoms with van der Waals surface area (Å²) in [6.45, 7) is 0. The molecule has 1 N–H and O–H groups in total. The molecule has 0 heterocycles. The highest BCUT2D eigenvalue weighted by molar-refractivity contribution is 9.10. The summed E-state index contributed by atoms with van der Waals surface area (Å²) >= 11 is 3.18. The topological polar surface area (TPSA) is 61.1 Å². The Hall–Kier alpha value is -1.34. The first-order valence-electron chi connectivity index (χ1n) is 3.54. The van der Waals surface area contributed by atoms with E-state index in [1.165, 1.54) is 0 Å². The third kappa shape index (κ3) is 2.30. The Bertz CT molecular complexity index is 382. The van der Waals surface area contributed by atoms with Crippen LogP contribution >= 0.6 is 15.9 Å². The first kappa shape index (κ1) is 9.75. The number of aliphatic carboxylic acids is 1. The highest BCUT2D eigenvalue weighted by Gasteiger charge is 2.08. The normalized spacial score (nSPS) is 9.23. The highest BCUT2D eigenvalue weighted by Crippen LogP contribution is 2.19. The molecular formula is C9H6BrNO2. The van der Waals surface area contributed by atoms with Crippen molar-refractivity contribution >= 4 is 21.9 Å². The lowest BCUT2D eigenvalue weighted by Crippen LogP contribution is -2.02. The van der Waals surface area contributed by atoms with Crippen LogP contribution in [0.5, 0.6) is 0 Å². The van der Waals surface area contributed by atoms with Crippen molar-refractivity contribution < 1.29 is 9.90 Å². The third-order valence-corrected chi connectivity index (χ3v) is 2.21. The minimum atomic E-state index is -0.936. The highest BCUT2D eigenvalue weighted by atomic mass is 79.9. The Morgan fingerprint density at radius 3 is 2.85 bits per heavy atom. The molecule has 0 saturated carbocycles. The van der Waals surface area contributed by atoms with Gasteiger partial charge in [-0.05, 0) is 27.6 Å². The van der Waals surface area contributed by atoms with Crippen molar-refractivity contribution in [2.45, 2.75) is 6.42 Å². The molecule has 4 heteroatoms. The van der Waals surface area contributed by atoms with Crippen molar-refractivity contribution in [3.8, 4) is 6.07 Å². The van der Waals surface area contributed by atoms with Crippen molar-refractivity contribution in [3.05, 3.63) is 33.8 Å². The van der Waals surface area contributed by atoms with Crippen molar-refractivity contribution in [1.29, 1.82) is 5.26 Å². The molecule has 0 aliphatic carbocycles. The van der Waals surface area contributed by atoms with E-state index in [0.29, 0.717) is 15.6 Å². The van der Waals surface area contributed by atoms with Crippen LogP contribution in [0.1, 0.15) is 11.1 Å². The minimum Gasteiger partial charge on any atom is -0.481 e. The lowest BCUT2D eigenvalue weighted by Gasteiger charge is -2.01. The summed E-state index contributed by atoms with van der Waals surface area (Å²) in [7, 11) is 0. The smallest absolute Gasteiger partial charge is 0.307 e. The van der Waals surface area contributed by atoms with Crippen LogP contribution in [0.4, 0.5) is 0 Å². The zero-order chi connectivity index (χ0) is 9.84. The van der Waals surface area contributed by atoms with E-state index in [-0.39, 0.29) is 6.42 Å². The van der Waals surface area contributed by atoms with Crippen molar-refractivity contribution in [1.82, 2.24) is 0 Å². The van der Waals surface area contributed by atoms with Crippen LogP contribution < -0.4 is 0 Å². The van der Waals surface area contributed by atoms with Gasteiger partial charge in [0.25, 0.3) is 0 Å². The number of carboxylic acid groups (broad SMARTS) is 1. The van der Waals surface area contributed by atoms with Gasteiger partial charge in [-0.25, -0.2) is 0 Å². The van der Waals surface area contributed by atoms with Gasteiger partial charge in [-0.15, -0.1) is 0 Å². The van der Waals surface area contributed by atoms with Crippen LogP contribution in [0.25, 0.3) is 0 Å². The lowest BCUT2D eigenvalue weighted by atomic mass is 10.1. The van der Waals surface area contributed by atoms with E-state index < -0.39 is 5.97 Å². The SMILES string of the molecule is N#Cc1c(Br)cccc1CC(=O)O. The molecule has 0 aliphatic heterocycles. The number of hydrogen-bond donors (Lipinski definition) is 1. The Morgan fingerprint density at radius 2 is 2.31 bits per heavy atom. The Kier molecular flexibility index (Phi) is 3.04. The molecule has 0 unspecified atom stereocenters. The lowest BCUT2D eigenvalue weighted by molar-refractivity contribution is -0.136. The molecule has 66 valence electrons. The van der Waals surface area contributed by atoms with Crippen LogP contribution in [-0.4, -0.2) is 11.1 Å². The summed E-state index contributed by atoms with van der Waals surface area (Å²) in [6, 6.07) is 7.02. The van der Waals surface area contributed by atoms with Gasteiger partial charge in [0, 0.05) is 4.47 Å². The fourth-order valence-electron chi connectivity index (χ4n) is 1.00. The van der Waals surface area contributed by atoms with E-state index in [4.69, 9.17) is 10.4 Å². The second kappa shape index (κ2) is 4.06. The van der Waals surface area contributed by atoms with E-state index in [0.717, 1.165) is 0 Å². The quantitative estimate of drug-likeness (QED) is 0.859. The molecule has 0 aromatic heterocycles.